The van der Waals surface area contributed by atoms with Crippen molar-refractivity contribution in [2.24, 2.45) is 5.73 Å². The van der Waals surface area contributed by atoms with Crippen LogP contribution in [0.4, 0.5) is 4.39 Å². The zero-order valence-corrected chi connectivity index (χ0v) is 15.1. The zero-order valence-electron chi connectivity index (χ0n) is 14.3. The van der Waals surface area contributed by atoms with Gasteiger partial charge in [0, 0.05) is 21.4 Å². The van der Waals surface area contributed by atoms with Crippen molar-refractivity contribution in [3.63, 3.8) is 0 Å². The van der Waals surface area contributed by atoms with Crippen molar-refractivity contribution in [1.82, 2.24) is 9.55 Å². The third kappa shape index (κ3) is 2.23. The summed E-state index contributed by atoms with van der Waals surface area (Å²) >= 11 is 1.49. The van der Waals surface area contributed by atoms with Crippen molar-refractivity contribution < 1.29 is 4.39 Å². The molecule has 134 valence electrons. The van der Waals surface area contributed by atoms with E-state index in [9.17, 15) is 14.0 Å². The lowest BCUT2D eigenvalue weighted by molar-refractivity contribution is 0.630. The molecule has 2 saturated carbocycles. The van der Waals surface area contributed by atoms with Gasteiger partial charge in [-0.2, -0.15) is 0 Å². The number of H-pyrrole nitrogens is 1. The highest BCUT2D eigenvalue weighted by atomic mass is 32.1. The molecule has 5 nitrogen and oxygen atoms in total. The third-order valence-electron chi connectivity index (χ3n) is 5.46. The maximum absolute atomic E-state index is 15.0. The summed E-state index contributed by atoms with van der Waals surface area (Å²) in [5, 5.41) is 0.226. The number of fused-ring (bicyclic) bond motifs is 1. The van der Waals surface area contributed by atoms with Crippen molar-refractivity contribution in [2.75, 3.05) is 0 Å². The molecule has 26 heavy (non-hydrogen) atoms. The van der Waals surface area contributed by atoms with E-state index in [0.717, 1.165) is 35.4 Å². The molecule has 0 amide bonds. The molecule has 2 fully saturated rings. The smallest absolute Gasteiger partial charge is 0.321 e. The van der Waals surface area contributed by atoms with Crippen LogP contribution in [-0.2, 0) is 5.54 Å². The fourth-order valence-corrected chi connectivity index (χ4v) is 4.95. The number of nitrogens with one attached hydrogen (secondary N) is 1. The third-order valence-corrected chi connectivity index (χ3v) is 6.79. The lowest BCUT2D eigenvalue weighted by Gasteiger charge is -2.14. The van der Waals surface area contributed by atoms with Crippen molar-refractivity contribution in [2.45, 2.75) is 44.2 Å². The molecule has 2 aliphatic rings. The zero-order chi connectivity index (χ0) is 18.2. The van der Waals surface area contributed by atoms with Gasteiger partial charge in [-0.1, -0.05) is 0 Å². The van der Waals surface area contributed by atoms with Crippen LogP contribution in [0.1, 0.15) is 42.2 Å². The average Bonchev–Trinajstić information content (AvgIpc) is 3.50. The summed E-state index contributed by atoms with van der Waals surface area (Å²) in [6, 6.07) is 5.18. The minimum atomic E-state index is -0.541. The Kier molecular flexibility index (Phi) is 3.16. The first-order valence-corrected chi connectivity index (χ1v) is 9.58. The predicted octanol–water partition coefficient (Wildman–Crippen LogP) is 3.15. The van der Waals surface area contributed by atoms with Crippen LogP contribution in [0.2, 0.25) is 0 Å². The number of rotatable bonds is 3. The summed E-state index contributed by atoms with van der Waals surface area (Å²) in [7, 11) is 0. The van der Waals surface area contributed by atoms with Crippen molar-refractivity contribution >= 4 is 22.2 Å². The van der Waals surface area contributed by atoms with E-state index in [-0.39, 0.29) is 17.0 Å². The molecule has 0 unspecified atom stereocenters. The van der Waals surface area contributed by atoms with Gasteiger partial charge in [0.15, 0.2) is 0 Å². The Morgan fingerprint density at radius 1 is 1.31 bits per heavy atom. The fraction of sp³-hybridized carbons (Fsp3) is 0.368. The molecule has 3 N–H and O–H groups in total. The van der Waals surface area contributed by atoms with E-state index in [1.54, 1.807) is 11.5 Å². The first-order chi connectivity index (χ1) is 12.4. The van der Waals surface area contributed by atoms with Crippen LogP contribution in [0.5, 0.6) is 0 Å². The van der Waals surface area contributed by atoms with Crippen molar-refractivity contribution in [1.29, 1.82) is 0 Å². The molecule has 1 aromatic carbocycles. The van der Waals surface area contributed by atoms with Gasteiger partial charge in [-0.3, -0.25) is 14.3 Å². The summed E-state index contributed by atoms with van der Waals surface area (Å²) in [6.07, 6.45) is 3.68. The normalized spacial score (nSPS) is 18.4. The Morgan fingerprint density at radius 3 is 2.69 bits per heavy atom. The number of benzene rings is 1. The monoisotopic (exact) mass is 371 g/mol. The lowest BCUT2D eigenvalue weighted by Crippen LogP contribution is -2.30. The van der Waals surface area contributed by atoms with Crippen LogP contribution in [0, 0.1) is 12.7 Å². The summed E-state index contributed by atoms with van der Waals surface area (Å²) in [6.45, 7) is 1.78. The van der Waals surface area contributed by atoms with Gasteiger partial charge < -0.3 is 5.73 Å². The second kappa shape index (κ2) is 5.14. The second-order valence-corrected chi connectivity index (χ2v) is 8.52. The van der Waals surface area contributed by atoms with Gasteiger partial charge >= 0.3 is 5.69 Å². The molecule has 5 rings (SSSR count). The van der Waals surface area contributed by atoms with Gasteiger partial charge in [0.1, 0.15) is 5.82 Å². The predicted molar refractivity (Wildman–Crippen MR) is 100 cm³/mol. The SMILES string of the molecule is Cc1c(-c2ccc(C3(N)CC3)s2)c(F)cc2c(=O)[nH]c(=O)n(C3CC3)c12. The number of aryl methyl sites for hydroxylation is 1. The van der Waals surface area contributed by atoms with E-state index in [1.807, 2.05) is 12.1 Å². The molecule has 0 atom stereocenters. The van der Waals surface area contributed by atoms with E-state index in [0.29, 0.717) is 16.6 Å². The van der Waals surface area contributed by atoms with Crippen molar-refractivity contribution in [3.8, 4) is 10.4 Å². The van der Waals surface area contributed by atoms with Gasteiger partial charge in [0.05, 0.1) is 16.4 Å². The highest BCUT2D eigenvalue weighted by Crippen LogP contribution is 2.48. The Hall–Kier alpha value is -2.25. The van der Waals surface area contributed by atoms with Crippen LogP contribution in [0.25, 0.3) is 21.3 Å². The summed E-state index contributed by atoms with van der Waals surface area (Å²) in [5.74, 6) is -0.447. The molecule has 3 aromatic rings. The number of aromatic amines is 1. The molecule has 2 aromatic heterocycles. The number of nitrogens with zero attached hydrogens (tertiary/aromatic N) is 1. The van der Waals surface area contributed by atoms with E-state index in [2.05, 4.69) is 4.98 Å². The van der Waals surface area contributed by atoms with Crippen molar-refractivity contribution in [3.05, 3.63) is 55.3 Å². The van der Waals surface area contributed by atoms with E-state index in [1.165, 1.54) is 17.4 Å². The topological polar surface area (TPSA) is 80.9 Å². The maximum atomic E-state index is 15.0. The molecular weight excluding hydrogens is 353 g/mol. The average molecular weight is 371 g/mol. The number of nitrogens with two attached hydrogens (primary N) is 1. The Labute approximate surface area is 152 Å². The number of hydrogen-bond donors (Lipinski definition) is 2. The molecule has 2 heterocycles. The minimum Gasteiger partial charge on any atom is -0.321 e. The largest absolute Gasteiger partial charge is 0.329 e. The van der Waals surface area contributed by atoms with Gasteiger partial charge in [-0.25, -0.2) is 9.18 Å². The van der Waals surface area contributed by atoms with Gasteiger partial charge in [-0.05, 0) is 56.4 Å². The molecule has 0 radical (unpaired) electrons. The summed E-state index contributed by atoms with van der Waals surface area (Å²) < 4.78 is 16.6. The number of halogens is 1. The first-order valence-electron chi connectivity index (χ1n) is 8.76. The minimum absolute atomic E-state index is 0.0801. The van der Waals surface area contributed by atoms with E-state index in [4.69, 9.17) is 5.73 Å². The highest BCUT2D eigenvalue weighted by Gasteiger charge is 2.41. The molecule has 0 spiro atoms. The first kappa shape index (κ1) is 16.0. The van der Waals surface area contributed by atoms with Crippen LogP contribution in [0.15, 0.2) is 27.8 Å². The lowest BCUT2D eigenvalue weighted by atomic mass is 10.0. The van der Waals surface area contributed by atoms with Gasteiger partial charge in [-0.15, -0.1) is 11.3 Å². The Balaban J connectivity index is 1.81. The standard InChI is InChI=1S/C19H18FN3O2S/c1-9-15(13-4-5-14(26-13)19(21)6-7-19)12(20)8-11-16(9)23(10-2-3-10)18(25)22-17(11)24/h4-5,8,10H,2-3,6-7,21H2,1H3,(H,22,24,25). The second-order valence-electron chi connectivity index (χ2n) is 7.44. The Bertz CT molecular complexity index is 1180. The number of thiophene rings is 1. The summed E-state index contributed by atoms with van der Waals surface area (Å²) in [4.78, 5) is 28.8. The Morgan fingerprint density at radius 2 is 2.04 bits per heavy atom. The van der Waals surface area contributed by atoms with E-state index >= 15 is 0 Å². The fourth-order valence-electron chi connectivity index (χ4n) is 3.68. The molecule has 7 heteroatoms. The number of hydrogen-bond acceptors (Lipinski definition) is 4. The maximum Gasteiger partial charge on any atom is 0.329 e. The number of aromatic nitrogens is 2. The van der Waals surface area contributed by atoms with Crippen LogP contribution < -0.4 is 17.0 Å². The van der Waals surface area contributed by atoms with Gasteiger partial charge in [0.25, 0.3) is 5.56 Å². The van der Waals surface area contributed by atoms with E-state index < -0.39 is 17.1 Å². The molecule has 0 aliphatic heterocycles. The molecular formula is C19H18FN3O2S. The molecule has 2 aliphatic carbocycles. The van der Waals surface area contributed by atoms with Gasteiger partial charge in [0.2, 0.25) is 0 Å². The summed E-state index contributed by atoms with van der Waals surface area (Å²) in [5.41, 5.74) is 6.67. The highest BCUT2D eigenvalue weighted by molar-refractivity contribution is 7.15. The quantitative estimate of drug-likeness (QED) is 0.742. The molecule has 0 saturated heterocycles. The van der Waals surface area contributed by atoms with Crippen LogP contribution in [-0.4, -0.2) is 9.55 Å². The van der Waals surface area contributed by atoms with Crippen LogP contribution >= 0.6 is 11.3 Å². The van der Waals surface area contributed by atoms with Crippen LogP contribution in [0.3, 0.4) is 0 Å². The molecule has 0 bridgehead atoms.